The number of hydrogen-bond acceptors (Lipinski definition) is 14. The molecule has 0 saturated carbocycles. The lowest BCUT2D eigenvalue weighted by atomic mass is 10.0. The fraction of sp³-hybridized carbons (Fsp3) is 0.659. The van der Waals surface area contributed by atoms with Gasteiger partial charge in [-0.2, -0.15) is 0 Å². The highest BCUT2D eigenvalue weighted by Crippen LogP contribution is 2.45. The maximum atomic E-state index is 13.0. The molecule has 109 heavy (non-hydrogen) atoms. The van der Waals surface area contributed by atoms with Crippen molar-refractivity contribution in [1.82, 2.24) is 0 Å². The van der Waals surface area contributed by atoms with Crippen LogP contribution in [0.25, 0.3) is 0 Å². The minimum atomic E-state index is -4.94. The van der Waals surface area contributed by atoms with Gasteiger partial charge in [0.1, 0.15) is 25.4 Å². The fourth-order valence-corrected chi connectivity index (χ4v) is 12.6. The van der Waals surface area contributed by atoms with E-state index in [9.17, 15) is 43.5 Å². The molecular formula is C91H152O16P2. The van der Waals surface area contributed by atoms with Gasteiger partial charge in [0.15, 0.2) is 6.10 Å². The number of hydrogen-bond donors (Lipinski definition) is 4. The van der Waals surface area contributed by atoms with Gasteiger partial charge in [0.2, 0.25) is 0 Å². The number of aliphatic hydroxyl groups is 2. The summed E-state index contributed by atoms with van der Waals surface area (Å²) in [6.45, 7) is 2.37. The third-order valence-electron chi connectivity index (χ3n) is 17.4. The molecule has 16 nitrogen and oxygen atoms in total. The molecule has 0 aromatic heterocycles. The van der Waals surface area contributed by atoms with Crippen molar-refractivity contribution in [2.24, 2.45) is 0 Å². The van der Waals surface area contributed by atoms with Crippen molar-refractivity contribution in [2.45, 2.75) is 347 Å². The number of ether oxygens (including phenoxy) is 3. The van der Waals surface area contributed by atoms with Crippen LogP contribution in [0.1, 0.15) is 329 Å². The molecule has 0 saturated heterocycles. The molecule has 18 heteroatoms. The number of carbonyl (C=O) groups excluding carboxylic acids is 3. The molecule has 0 rings (SSSR count). The lowest BCUT2D eigenvalue weighted by molar-refractivity contribution is -0.161. The zero-order valence-corrected chi connectivity index (χ0v) is 70.0. The van der Waals surface area contributed by atoms with E-state index in [-0.39, 0.29) is 19.3 Å². The molecule has 0 radical (unpaired) electrons. The predicted octanol–water partition coefficient (Wildman–Crippen LogP) is 25.5. The molecule has 0 aliphatic rings. The average molecular weight is 1560 g/mol. The Hall–Kier alpha value is -5.09. The van der Waals surface area contributed by atoms with Crippen molar-refractivity contribution in [3.8, 4) is 0 Å². The highest BCUT2D eigenvalue weighted by molar-refractivity contribution is 7.47. The normalized spacial score (nSPS) is 14.7. The number of esters is 3. The molecule has 0 heterocycles. The van der Waals surface area contributed by atoms with Crippen LogP contribution in [-0.4, -0.2) is 95.9 Å². The van der Waals surface area contributed by atoms with E-state index < -0.39 is 91.5 Å². The SMILES string of the molecule is CC/C=C\C/C=C\C/C=C\C/C=C\C/C=C\C/C=C\CCCCCCCCCCCCCCCCC(=O)OCC(O)COP(=O)(O)OCC(O)COP(=O)(O)OCC(COC(=O)CCCCCCCCCC/C=C\C/C=C\C/C=C\C/C=C\C/C=C\C/C=C\CC)OC(=O)CCCCCCC/C=C\C/C=C\CCC. The topological polar surface area (TPSA) is 231 Å². The van der Waals surface area contributed by atoms with Crippen LogP contribution in [0.3, 0.4) is 0 Å². The summed E-state index contributed by atoms with van der Waals surface area (Å²) in [4.78, 5) is 58.7. The summed E-state index contributed by atoms with van der Waals surface area (Å²) in [5.74, 6) is -1.60. The van der Waals surface area contributed by atoms with Crippen molar-refractivity contribution < 1.29 is 75.8 Å². The first kappa shape index (κ1) is 104. The summed E-state index contributed by atoms with van der Waals surface area (Å²) < 4.78 is 61.2. The van der Waals surface area contributed by atoms with Crippen LogP contribution in [0, 0.1) is 0 Å². The van der Waals surface area contributed by atoms with E-state index in [1.165, 1.54) is 70.6 Å². The minimum absolute atomic E-state index is 0.0822. The Balaban J connectivity index is 4.46. The molecule has 622 valence electrons. The van der Waals surface area contributed by atoms with Crippen molar-refractivity contribution in [3.63, 3.8) is 0 Å². The first-order chi connectivity index (χ1) is 53.2. The van der Waals surface area contributed by atoms with E-state index in [0.717, 1.165) is 199 Å². The standard InChI is InChI=1S/C91H152O16P2/c1-4-7-10-13-16-19-22-25-27-29-31-33-35-37-39-40-41-42-43-44-46-48-49-51-53-55-57-60-62-65-68-71-74-77-89(94)101-80-86(92)81-103-108(97,98)104-82-87(93)83-105-109(99,100)106-85-88(107-91(96)79-76-73-70-67-64-59-24-21-18-15-12-9-6-3)84-102-90(95)78-75-72-69-66-63-61-58-56-54-52-50-47-45-38-36-34-32-30-28-26-23-20-17-14-11-8-5-2/h7-8,10-12,15-17,19-21,24-28,31-34,37-39,41-42,45,50,52,86-88,92-93H,4-6,9,13-14,18,22-23,29-30,35-36,40,43-44,46-49,51,53-85H2,1-3H3,(H,97,98)(H,99,100)/b10-7-,11-8-,15-12-,19-16-,20-17-,24-21-,27-25-,28-26-,33-31-,34-32-,39-37-,42-41-,45-38-,52-50-. The van der Waals surface area contributed by atoms with Gasteiger partial charge in [-0.15, -0.1) is 0 Å². The monoisotopic (exact) mass is 1560 g/mol. The summed E-state index contributed by atoms with van der Waals surface area (Å²) in [5, 5.41) is 20.7. The summed E-state index contributed by atoms with van der Waals surface area (Å²) in [6.07, 6.45) is 106. The zero-order chi connectivity index (χ0) is 79.4. The van der Waals surface area contributed by atoms with E-state index in [2.05, 4.69) is 191 Å². The highest BCUT2D eigenvalue weighted by atomic mass is 31.2. The highest BCUT2D eigenvalue weighted by Gasteiger charge is 2.29. The molecule has 0 amide bonds. The number of phosphoric acid groups is 2. The number of allylic oxidation sites excluding steroid dienone is 28. The van der Waals surface area contributed by atoms with Gasteiger partial charge >= 0.3 is 33.6 Å². The Morgan fingerprint density at radius 1 is 0.266 bits per heavy atom. The first-order valence-electron chi connectivity index (χ1n) is 42.4. The Labute approximate surface area is 662 Å². The lowest BCUT2D eigenvalue weighted by Crippen LogP contribution is -2.30. The van der Waals surface area contributed by atoms with E-state index in [4.69, 9.17) is 32.3 Å². The van der Waals surface area contributed by atoms with Gasteiger partial charge in [0.25, 0.3) is 0 Å². The van der Waals surface area contributed by atoms with Crippen LogP contribution in [0.5, 0.6) is 0 Å². The second-order valence-corrected chi connectivity index (χ2v) is 30.8. The second kappa shape index (κ2) is 82.4. The maximum absolute atomic E-state index is 13.0. The van der Waals surface area contributed by atoms with Gasteiger partial charge in [-0.05, 0) is 148 Å². The molecule has 0 aromatic rings. The molecule has 5 atom stereocenters. The van der Waals surface area contributed by atoms with Crippen molar-refractivity contribution in [2.75, 3.05) is 39.6 Å². The maximum Gasteiger partial charge on any atom is 0.472 e. The molecular weight excluding hydrogens is 1410 g/mol. The van der Waals surface area contributed by atoms with Crippen molar-refractivity contribution in [3.05, 3.63) is 170 Å². The molecule has 0 spiro atoms. The Morgan fingerprint density at radius 2 is 0.486 bits per heavy atom. The third-order valence-corrected chi connectivity index (χ3v) is 19.3. The van der Waals surface area contributed by atoms with E-state index in [1.807, 2.05) is 0 Å². The molecule has 0 fully saturated rings. The van der Waals surface area contributed by atoms with E-state index in [0.29, 0.717) is 19.3 Å². The van der Waals surface area contributed by atoms with Crippen LogP contribution in [0.4, 0.5) is 0 Å². The Kier molecular flexibility index (Phi) is 78.5. The number of phosphoric ester groups is 2. The molecule has 0 aliphatic heterocycles. The van der Waals surface area contributed by atoms with Gasteiger partial charge in [-0.3, -0.25) is 32.5 Å². The van der Waals surface area contributed by atoms with Crippen LogP contribution in [-0.2, 0) is 55.8 Å². The van der Waals surface area contributed by atoms with Crippen LogP contribution >= 0.6 is 15.6 Å². The van der Waals surface area contributed by atoms with Gasteiger partial charge < -0.3 is 34.2 Å². The number of aliphatic hydroxyl groups excluding tert-OH is 2. The van der Waals surface area contributed by atoms with E-state index >= 15 is 0 Å². The summed E-state index contributed by atoms with van der Waals surface area (Å²) >= 11 is 0. The smallest absolute Gasteiger partial charge is 0.463 e. The summed E-state index contributed by atoms with van der Waals surface area (Å²) in [6, 6.07) is 0. The largest absolute Gasteiger partial charge is 0.472 e. The first-order valence-corrected chi connectivity index (χ1v) is 45.4. The summed E-state index contributed by atoms with van der Waals surface area (Å²) in [5.41, 5.74) is 0. The van der Waals surface area contributed by atoms with Crippen LogP contribution < -0.4 is 0 Å². The number of rotatable bonds is 79. The molecule has 0 aliphatic carbocycles. The number of carbonyl (C=O) groups is 3. The Morgan fingerprint density at radius 3 is 0.771 bits per heavy atom. The van der Waals surface area contributed by atoms with E-state index in [1.54, 1.807) is 0 Å². The molecule has 0 bridgehead atoms. The number of unbranched alkanes of at least 4 members (excludes halogenated alkanes) is 28. The van der Waals surface area contributed by atoms with Gasteiger partial charge in [-0.25, -0.2) is 9.13 Å². The average Bonchev–Trinajstić information content (AvgIpc) is 0.915. The van der Waals surface area contributed by atoms with Crippen molar-refractivity contribution >= 4 is 33.6 Å². The fourth-order valence-electron chi connectivity index (χ4n) is 11.0. The predicted molar refractivity (Wildman–Crippen MR) is 454 cm³/mol. The second-order valence-electron chi connectivity index (χ2n) is 27.9. The third kappa shape index (κ3) is 83.7. The van der Waals surface area contributed by atoms with Crippen LogP contribution in [0.2, 0.25) is 0 Å². The van der Waals surface area contributed by atoms with Gasteiger partial charge in [0.05, 0.1) is 26.4 Å². The summed E-state index contributed by atoms with van der Waals surface area (Å²) in [7, 11) is -9.81. The van der Waals surface area contributed by atoms with Crippen LogP contribution in [0.15, 0.2) is 170 Å². The van der Waals surface area contributed by atoms with Gasteiger partial charge in [0, 0.05) is 19.3 Å². The molecule has 4 N–H and O–H groups in total. The van der Waals surface area contributed by atoms with Gasteiger partial charge in [-0.1, -0.05) is 332 Å². The minimum Gasteiger partial charge on any atom is -0.463 e. The quantitative estimate of drug-likeness (QED) is 0.0146. The zero-order valence-electron chi connectivity index (χ0n) is 68.2. The molecule has 5 unspecified atom stereocenters. The van der Waals surface area contributed by atoms with Crippen molar-refractivity contribution in [1.29, 1.82) is 0 Å². The Bertz CT molecular complexity index is 2660. The lowest BCUT2D eigenvalue weighted by Gasteiger charge is -2.21. The molecule has 0 aromatic carbocycles.